The second-order valence-corrected chi connectivity index (χ2v) is 6.02. The van der Waals surface area contributed by atoms with Crippen molar-refractivity contribution in [3.8, 4) is 0 Å². The van der Waals surface area contributed by atoms with Gasteiger partial charge in [0.1, 0.15) is 0 Å². The molecule has 3 atom stereocenters. The molecule has 1 rings (SSSR count). The lowest BCUT2D eigenvalue weighted by Crippen LogP contribution is -2.36. The molecular formula is C12H21F3O. The van der Waals surface area contributed by atoms with Crippen molar-refractivity contribution in [2.24, 2.45) is 17.3 Å². The van der Waals surface area contributed by atoms with Crippen LogP contribution in [0.3, 0.4) is 0 Å². The van der Waals surface area contributed by atoms with E-state index in [1.807, 2.05) is 0 Å². The average molecular weight is 238 g/mol. The van der Waals surface area contributed by atoms with Crippen molar-refractivity contribution < 1.29 is 18.3 Å². The van der Waals surface area contributed by atoms with Gasteiger partial charge in [0, 0.05) is 6.42 Å². The SMILES string of the molecule is CC(C)(C)C1CCC(O)C(CC(F)(F)F)C1. The van der Waals surface area contributed by atoms with Gasteiger partial charge in [-0.25, -0.2) is 0 Å². The molecule has 0 saturated heterocycles. The van der Waals surface area contributed by atoms with E-state index in [-0.39, 0.29) is 11.3 Å². The van der Waals surface area contributed by atoms with Gasteiger partial charge in [0.2, 0.25) is 0 Å². The monoisotopic (exact) mass is 238 g/mol. The summed E-state index contributed by atoms with van der Waals surface area (Å²) in [5.41, 5.74) is 0.0317. The Morgan fingerprint density at radius 1 is 1.12 bits per heavy atom. The highest BCUT2D eigenvalue weighted by Crippen LogP contribution is 2.43. The standard InChI is InChI=1S/C12H21F3O/c1-11(2,3)9-4-5-10(16)8(6-9)7-12(13,14)15/h8-10,16H,4-7H2,1-3H3. The van der Waals surface area contributed by atoms with E-state index >= 15 is 0 Å². The maximum Gasteiger partial charge on any atom is 0.389 e. The largest absolute Gasteiger partial charge is 0.393 e. The molecule has 0 aromatic heterocycles. The highest BCUT2D eigenvalue weighted by atomic mass is 19.4. The molecule has 96 valence electrons. The molecule has 1 aliphatic carbocycles. The Hall–Kier alpha value is -0.250. The zero-order chi connectivity index (χ0) is 12.6. The number of hydrogen-bond acceptors (Lipinski definition) is 1. The zero-order valence-corrected chi connectivity index (χ0v) is 10.1. The molecule has 16 heavy (non-hydrogen) atoms. The number of alkyl halides is 3. The van der Waals surface area contributed by atoms with Gasteiger partial charge in [-0.05, 0) is 36.5 Å². The number of hydrogen-bond donors (Lipinski definition) is 1. The number of aliphatic hydroxyl groups is 1. The van der Waals surface area contributed by atoms with Crippen molar-refractivity contribution in [1.29, 1.82) is 0 Å². The van der Waals surface area contributed by atoms with Crippen LogP contribution in [-0.4, -0.2) is 17.4 Å². The van der Waals surface area contributed by atoms with Crippen LogP contribution in [0.15, 0.2) is 0 Å². The van der Waals surface area contributed by atoms with Crippen molar-refractivity contribution in [2.75, 3.05) is 0 Å². The van der Waals surface area contributed by atoms with E-state index in [4.69, 9.17) is 0 Å². The first-order valence-corrected chi connectivity index (χ1v) is 5.84. The van der Waals surface area contributed by atoms with E-state index in [1.165, 1.54) is 0 Å². The minimum absolute atomic E-state index is 0.0317. The predicted molar refractivity (Wildman–Crippen MR) is 57.0 cm³/mol. The van der Waals surface area contributed by atoms with Crippen molar-refractivity contribution in [3.63, 3.8) is 0 Å². The zero-order valence-electron chi connectivity index (χ0n) is 10.1. The maximum atomic E-state index is 12.3. The summed E-state index contributed by atoms with van der Waals surface area (Å²) in [7, 11) is 0. The Morgan fingerprint density at radius 3 is 2.12 bits per heavy atom. The van der Waals surface area contributed by atoms with Crippen LogP contribution in [0.2, 0.25) is 0 Å². The molecule has 1 fully saturated rings. The Bertz CT molecular complexity index is 229. The third kappa shape index (κ3) is 3.96. The fourth-order valence-electron chi connectivity index (χ4n) is 2.55. The van der Waals surface area contributed by atoms with Crippen molar-refractivity contribution in [3.05, 3.63) is 0 Å². The first-order chi connectivity index (χ1) is 7.09. The quantitative estimate of drug-likeness (QED) is 0.737. The molecule has 0 aromatic carbocycles. The van der Waals surface area contributed by atoms with Crippen molar-refractivity contribution >= 4 is 0 Å². The average Bonchev–Trinajstić information content (AvgIpc) is 2.04. The van der Waals surface area contributed by atoms with Gasteiger partial charge in [0.25, 0.3) is 0 Å². The molecule has 0 bridgehead atoms. The van der Waals surface area contributed by atoms with Gasteiger partial charge in [-0.15, -0.1) is 0 Å². The molecular weight excluding hydrogens is 217 g/mol. The lowest BCUT2D eigenvalue weighted by Gasteiger charge is -2.40. The van der Waals surface area contributed by atoms with Crippen LogP contribution in [0.4, 0.5) is 13.2 Å². The van der Waals surface area contributed by atoms with Crippen molar-refractivity contribution in [2.45, 2.75) is 58.7 Å². The van der Waals surface area contributed by atoms with Crippen LogP contribution in [0.1, 0.15) is 46.5 Å². The Balaban J connectivity index is 2.62. The third-order valence-corrected chi connectivity index (χ3v) is 3.66. The van der Waals surface area contributed by atoms with E-state index in [2.05, 4.69) is 20.8 Å². The van der Waals surface area contributed by atoms with E-state index in [1.54, 1.807) is 0 Å². The van der Waals surface area contributed by atoms with E-state index in [0.717, 1.165) is 6.42 Å². The molecule has 1 nitrogen and oxygen atoms in total. The van der Waals surface area contributed by atoms with Gasteiger partial charge in [-0.1, -0.05) is 20.8 Å². The molecule has 4 heteroatoms. The predicted octanol–water partition coefficient (Wildman–Crippen LogP) is 3.76. The topological polar surface area (TPSA) is 20.2 Å². The highest BCUT2D eigenvalue weighted by Gasteiger charge is 2.40. The first-order valence-electron chi connectivity index (χ1n) is 5.84. The van der Waals surface area contributed by atoms with Crippen molar-refractivity contribution in [1.82, 2.24) is 0 Å². The van der Waals surface area contributed by atoms with E-state index < -0.39 is 24.6 Å². The summed E-state index contributed by atoms with van der Waals surface area (Å²) < 4.78 is 37.0. The minimum Gasteiger partial charge on any atom is -0.393 e. The number of aliphatic hydroxyl groups excluding tert-OH is 1. The summed E-state index contributed by atoms with van der Waals surface area (Å²) in [5.74, 6) is -0.332. The maximum absolute atomic E-state index is 12.3. The highest BCUT2D eigenvalue weighted by molar-refractivity contribution is 4.86. The molecule has 0 aromatic rings. The molecule has 3 unspecified atom stereocenters. The summed E-state index contributed by atoms with van der Waals surface area (Å²) in [5, 5.41) is 9.62. The van der Waals surface area contributed by atoms with Gasteiger partial charge in [-0.3, -0.25) is 0 Å². The normalized spacial score (nSPS) is 32.8. The number of halogens is 3. The molecule has 1 aliphatic rings. The fraction of sp³-hybridized carbons (Fsp3) is 1.00. The number of rotatable bonds is 1. The van der Waals surface area contributed by atoms with Crippen LogP contribution in [0.5, 0.6) is 0 Å². The summed E-state index contributed by atoms with van der Waals surface area (Å²) in [6, 6.07) is 0. The van der Waals surface area contributed by atoms with Crippen LogP contribution >= 0.6 is 0 Å². The molecule has 1 N–H and O–H groups in total. The molecule has 0 amide bonds. The summed E-state index contributed by atoms with van der Waals surface area (Å²) in [4.78, 5) is 0. The Labute approximate surface area is 95.0 Å². The lowest BCUT2D eigenvalue weighted by molar-refractivity contribution is -0.159. The van der Waals surface area contributed by atoms with Gasteiger partial charge in [0.05, 0.1) is 6.10 Å². The van der Waals surface area contributed by atoms with Crippen LogP contribution in [-0.2, 0) is 0 Å². The summed E-state index contributed by atoms with van der Waals surface area (Å²) in [6.07, 6.45) is -3.96. The molecule has 0 heterocycles. The van der Waals surface area contributed by atoms with Gasteiger partial charge < -0.3 is 5.11 Å². The molecule has 0 radical (unpaired) electrons. The van der Waals surface area contributed by atoms with E-state index in [0.29, 0.717) is 12.8 Å². The Morgan fingerprint density at radius 2 is 1.69 bits per heavy atom. The summed E-state index contributed by atoms with van der Waals surface area (Å²) >= 11 is 0. The lowest BCUT2D eigenvalue weighted by atomic mass is 9.67. The van der Waals surface area contributed by atoms with Crippen LogP contribution < -0.4 is 0 Å². The van der Waals surface area contributed by atoms with Gasteiger partial charge in [0.15, 0.2) is 0 Å². The van der Waals surface area contributed by atoms with Gasteiger partial charge in [-0.2, -0.15) is 13.2 Å². The van der Waals surface area contributed by atoms with Gasteiger partial charge >= 0.3 is 6.18 Å². The smallest absolute Gasteiger partial charge is 0.389 e. The van der Waals surface area contributed by atoms with E-state index in [9.17, 15) is 18.3 Å². The van der Waals surface area contributed by atoms with Crippen LogP contribution in [0.25, 0.3) is 0 Å². The summed E-state index contributed by atoms with van der Waals surface area (Å²) in [6.45, 7) is 6.17. The fourth-order valence-corrected chi connectivity index (χ4v) is 2.55. The molecule has 0 aliphatic heterocycles. The second kappa shape index (κ2) is 4.55. The minimum atomic E-state index is -4.16. The van der Waals surface area contributed by atoms with Crippen LogP contribution in [0, 0.1) is 17.3 Å². The molecule has 0 spiro atoms. The second-order valence-electron chi connectivity index (χ2n) is 6.02. The Kier molecular flexibility index (Phi) is 3.93. The third-order valence-electron chi connectivity index (χ3n) is 3.66. The molecule has 1 saturated carbocycles. The first kappa shape index (κ1) is 13.8.